The molecule has 40 heavy (non-hydrogen) atoms. The van der Waals surface area contributed by atoms with E-state index < -0.39 is 30.7 Å². The van der Waals surface area contributed by atoms with Crippen LogP contribution in [0.3, 0.4) is 0 Å². The maximum absolute atomic E-state index is 15.2. The summed E-state index contributed by atoms with van der Waals surface area (Å²) < 4.78 is 34.7. The second-order valence-corrected chi connectivity index (χ2v) is 10.7. The summed E-state index contributed by atoms with van der Waals surface area (Å²) in [6.07, 6.45) is 6.59. The van der Waals surface area contributed by atoms with Gasteiger partial charge in [0, 0.05) is 30.8 Å². The number of nitrogens with zero attached hydrogens (tertiary/aromatic N) is 4. The first-order valence-electron chi connectivity index (χ1n) is 13.4. The van der Waals surface area contributed by atoms with Crippen molar-refractivity contribution in [3.05, 3.63) is 59.2 Å². The maximum Gasteiger partial charge on any atom is 0.270 e. The molecule has 0 bridgehead atoms. The van der Waals surface area contributed by atoms with Crippen LogP contribution in [0.25, 0.3) is 11.1 Å². The van der Waals surface area contributed by atoms with Gasteiger partial charge in [-0.1, -0.05) is 0 Å². The number of ether oxygens (including phenoxy) is 1. The van der Waals surface area contributed by atoms with Crippen LogP contribution in [0.2, 0.25) is 0 Å². The van der Waals surface area contributed by atoms with Crippen LogP contribution in [0.1, 0.15) is 61.8 Å². The number of alkyl halides is 1. The first-order valence-corrected chi connectivity index (χ1v) is 13.4. The molecule has 2 fully saturated rings. The van der Waals surface area contributed by atoms with Crippen molar-refractivity contribution in [2.75, 3.05) is 12.2 Å². The smallest absolute Gasteiger partial charge is 0.270 e. The third-order valence-corrected chi connectivity index (χ3v) is 7.54. The first kappa shape index (κ1) is 27.5. The number of anilines is 1. The SMILES string of the molecule is Cc1c(-c2ccc(NC(=O)C(NC(=O)c3ccnn3C(C)C)C(C3CC3)C3CC3)nc2F)cc(OCF)c[n+]1[O-]. The van der Waals surface area contributed by atoms with Gasteiger partial charge in [0.25, 0.3) is 5.91 Å². The minimum absolute atomic E-state index is 0.00922. The van der Waals surface area contributed by atoms with E-state index in [9.17, 15) is 19.2 Å². The van der Waals surface area contributed by atoms with Gasteiger partial charge in [-0.05, 0) is 75.5 Å². The number of amides is 2. The Morgan fingerprint density at radius 1 is 1.18 bits per heavy atom. The van der Waals surface area contributed by atoms with Gasteiger partial charge in [0.2, 0.25) is 24.9 Å². The van der Waals surface area contributed by atoms with Crippen molar-refractivity contribution >= 4 is 17.6 Å². The van der Waals surface area contributed by atoms with Crippen LogP contribution in [0.5, 0.6) is 5.75 Å². The molecule has 2 aliphatic rings. The zero-order chi connectivity index (χ0) is 28.6. The quantitative estimate of drug-likeness (QED) is 0.209. The van der Waals surface area contributed by atoms with Crippen molar-refractivity contribution in [3.63, 3.8) is 0 Å². The molecule has 12 heteroatoms. The predicted molar refractivity (Wildman–Crippen MR) is 141 cm³/mol. The number of carbonyl (C=O) groups is 2. The fourth-order valence-corrected chi connectivity index (χ4v) is 5.29. The Bertz CT molecular complexity index is 1410. The largest absolute Gasteiger partial charge is 0.618 e. The second kappa shape index (κ2) is 11.2. The number of rotatable bonds is 11. The van der Waals surface area contributed by atoms with E-state index in [1.807, 2.05) is 13.8 Å². The van der Waals surface area contributed by atoms with Crippen molar-refractivity contribution in [3.8, 4) is 16.9 Å². The zero-order valence-corrected chi connectivity index (χ0v) is 22.6. The minimum atomic E-state index is -1.14. The lowest BCUT2D eigenvalue weighted by Crippen LogP contribution is -2.50. The van der Waals surface area contributed by atoms with Gasteiger partial charge in [-0.3, -0.25) is 14.3 Å². The van der Waals surface area contributed by atoms with Gasteiger partial charge >= 0.3 is 0 Å². The highest BCUT2D eigenvalue weighted by atomic mass is 19.1. The van der Waals surface area contributed by atoms with Crippen molar-refractivity contribution < 1.29 is 27.8 Å². The Morgan fingerprint density at radius 3 is 2.48 bits per heavy atom. The maximum atomic E-state index is 15.2. The third-order valence-electron chi connectivity index (χ3n) is 7.54. The summed E-state index contributed by atoms with van der Waals surface area (Å²) >= 11 is 0. The molecule has 10 nitrogen and oxygen atoms in total. The molecule has 1 unspecified atom stereocenters. The average molecular weight is 555 g/mol. The topological polar surface area (TPSA) is 125 Å². The Balaban J connectivity index is 1.39. The molecule has 3 aromatic heterocycles. The van der Waals surface area contributed by atoms with E-state index in [0.717, 1.165) is 31.9 Å². The number of halogens is 2. The first-order chi connectivity index (χ1) is 19.2. The molecule has 2 aliphatic carbocycles. The van der Waals surface area contributed by atoms with E-state index in [4.69, 9.17) is 4.74 Å². The molecular formula is C28H32F2N6O4. The molecule has 0 saturated heterocycles. The van der Waals surface area contributed by atoms with Gasteiger partial charge in [0.1, 0.15) is 17.6 Å². The fourth-order valence-electron chi connectivity index (χ4n) is 5.29. The monoisotopic (exact) mass is 554 g/mol. The molecule has 1 atom stereocenters. The Labute approximate surface area is 230 Å². The van der Waals surface area contributed by atoms with Gasteiger partial charge < -0.3 is 20.6 Å². The van der Waals surface area contributed by atoms with Crippen LogP contribution < -0.4 is 20.1 Å². The van der Waals surface area contributed by atoms with Crippen molar-refractivity contribution in [2.45, 2.75) is 58.5 Å². The van der Waals surface area contributed by atoms with Crippen LogP contribution in [-0.4, -0.2) is 39.5 Å². The van der Waals surface area contributed by atoms with Gasteiger partial charge in [0.15, 0.2) is 11.4 Å². The molecule has 0 spiro atoms. The highest BCUT2D eigenvalue weighted by Gasteiger charge is 2.48. The highest BCUT2D eigenvalue weighted by Crippen LogP contribution is 2.51. The van der Waals surface area contributed by atoms with Crippen LogP contribution in [-0.2, 0) is 4.79 Å². The van der Waals surface area contributed by atoms with Crippen LogP contribution in [0, 0.1) is 35.8 Å². The molecule has 2 N–H and O–H groups in total. The lowest BCUT2D eigenvalue weighted by atomic mass is 9.88. The molecule has 5 rings (SSSR count). The molecular weight excluding hydrogens is 522 g/mol. The predicted octanol–water partition coefficient (Wildman–Crippen LogP) is 4.09. The van der Waals surface area contributed by atoms with Crippen molar-refractivity contribution in [1.29, 1.82) is 0 Å². The molecule has 0 radical (unpaired) electrons. The van der Waals surface area contributed by atoms with Gasteiger partial charge in [-0.15, -0.1) is 0 Å². The second-order valence-electron chi connectivity index (χ2n) is 10.7. The highest BCUT2D eigenvalue weighted by molar-refractivity contribution is 6.00. The van der Waals surface area contributed by atoms with E-state index in [-0.39, 0.29) is 40.3 Å². The summed E-state index contributed by atoms with van der Waals surface area (Å²) in [5.74, 6) is -1.25. The van der Waals surface area contributed by atoms with Gasteiger partial charge in [-0.2, -0.15) is 14.2 Å². The Hall–Kier alpha value is -4.09. The number of carbonyl (C=O) groups excluding carboxylic acids is 2. The number of nitrogens with one attached hydrogen (secondary N) is 2. The minimum Gasteiger partial charge on any atom is -0.618 e. The molecule has 2 saturated carbocycles. The summed E-state index contributed by atoms with van der Waals surface area (Å²) in [7, 11) is 0. The van der Waals surface area contributed by atoms with E-state index in [1.54, 1.807) is 16.9 Å². The number of aromatic nitrogens is 4. The number of pyridine rings is 2. The fraction of sp³-hybridized carbons (Fsp3) is 0.464. The molecule has 3 aromatic rings. The summed E-state index contributed by atoms with van der Waals surface area (Å²) in [4.78, 5) is 30.8. The van der Waals surface area contributed by atoms with Gasteiger partial charge in [-0.25, -0.2) is 9.37 Å². The lowest BCUT2D eigenvalue weighted by molar-refractivity contribution is -0.612. The van der Waals surface area contributed by atoms with Crippen LogP contribution in [0.4, 0.5) is 14.6 Å². The zero-order valence-electron chi connectivity index (χ0n) is 22.6. The standard InChI is InChI=1S/C28H32F2N6O4/c1-15(2)36-22(10-11-31-36)27(37)34-25(24(17-4-5-17)18-6-7-18)28(38)33-23-9-8-20(26(30)32-23)21-12-19(40-14-29)13-35(39)16(21)3/h8-13,15,17-18,24-25H,4-7,14H2,1-3H3,(H,34,37)(H,32,33,38). The van der Waals surface area contributed by atoms with Crippen molar-refractivity contribution in [2.24, 2.45) is 17.8 Å². The summed E-state index contributed by atoms with van der Waals surface area (Å²) in [6.45, 7) is 4.17. The average Bonchev–Trinajstić information content (AvgIpc) is 3.85. The molecule has 0 aromatic carbocycles. The van der Waals surface area contributed by atoms with Gasteiger partial charge in [0.05, 0.1) is 5.56 Å². The Kier molecular flexibility index (Phi) is 7.68. The number of hydrogen-bond acceptors (Lipinski definition) is 6. The molecule has 0 aliphatic heterocycles. The third kappa shape index (κ3) is 5.75. The summed E-state index contributed by atoms with van der Waals surface area (Å²) in [5, 5.41) is 22.1. The number of hydrogen-bond donors (Lipinski definition) is 2. The van der Waals surface area contributed by atoms with E-state index >= 15 is 4.39 Å². The van der Waals surface area contributed by atoms with E-state index in [1.165, 1.54) is 25.1 Å². The van der Waals surface area contributed by atoms with E-state index in [2.05, 4.69) is 20.7 Å². The summed E-state index contributed by atoms with van der Waals surface area (Å²) in [6, 6.07) is 4.90. The van der Waals surface area contributed by atoms with Crippen LogP contribution in [0.15, 0.2) is 36.7 Å². The van der Waals surface area contributed by atoms with Crippen LogP contribution >= 0.6 is 0 Å². The van der Waals surface area contributed by atoms with Crippen molar-refractivity contribution in [1.82, 2.24) is 20.1 Å². The summed E-state index contributed by atoms with van der Waals surface area (Å²) in [5.41, 5.74) is 0.698. The Morgan fingerprint density at radius 2 is 1.88 bits per heavy atom. The molecule has 3 heterocycles. The normalized spacial score (nSPS) is 15.8. The molecule has 212 valence electrons. The molecule has 2 amide bonds. The lowest BCUT2D eigenvalue weighted by Gasteiger charge is -2.27. The van der Waals surface area contributed by atoms with E-state index in [0.29, 0.717) is 22.3 Å².